The fourth-order valence-corrected chi connectivity index (χ4v) is 8.29. The molecule has 4 rings (SSSR count). The van der Waals surface area contributed by atoms with Crippen LogP contribution >= 0.6 is 0 Å². The Morgan fingerprint density at radius 3 is 2.52 bits per heavy atom. The van der Waals surface area contributed by atoms with Gasteiger partial charge >= 0.3 is 5.97 Å². The molecule has 154 valence electrons. The highest BCUT2D eigenvalue weighted by Gasteiger charge is 2.62. The van der Waals surface area contributed by atoms with E-state index in [1.165, 1.54) is 19.3 Å². The third-order valence-electron chi connectivity index (χ3n) is 9.88. The number of aliphatic hydroxyl groups is 2. The second-order valence-electron chi connectivity index (χ2n) is 10.8. The summed E-state index contributed by atoms with van der Waals surface area (Å²) >= 11 is 0. The van der Waals surface area contributed by atoms with Crippen molar-refractivity contribution in [1.29, 1.82) is 0 Å². The van der Waals surface area contributed by atoms with Crippen LogP contribution in [0.2, 0.25) is 0 Å². The summed E-state index contributed by atoms with van der Waals surface area (Å²) in [5.74, 6) is 2.27. The minimum Gasteiger partial charge on any atom is -0.481 e. The van der Waals surface area contributed by atoms with Crippen LogP contribution in [0.15, 0.2) is 0 Å². The summed E-state index contributed by atoms with van der Waals surface area (Å²) in [7, 11) is 0. The van der Waals surface area contributed by atoms with Crippen molar-refractivity contribution in [3.8, 4) is 0 Å². The third-order valence-corrected chi connectivity index (χ3v) is 9.88. The molecule has 4 heteroatoms. The van der Waals surface area contributed by atoms with Gasteiger partial charge in [0.25, 0.3) is 0 Å². The lowest BCUT2D eigenvalue weighted by Crippen LogP contribution is -2.58. The Morgan fingerprint density at radius 1 is 1.00 bits per heavy atom. The van der Waals surface area contributed by atoms with Crippen molar-refractivity contribution in [1.82, 2.24) is 0 Å². The Labute approximate surface area is 163 Å². The number of carboxylic acids is 1. The maximum Gasteiger partial charge on any atom is 0.303 e. The van der Waals surface area contributed by atoms with Gasteiger partial charge in [-0.3, -0.25) is 4.79 Å². The highest BCUT2D eigenvalue weighted by Crippen LogP contribution is 2.67. The first kappa shape index (κ1) is 19.7. The van der Waals surface area contributed by atoms with Crippen LogP contribution in [-0.2, 0) is 4.79 Å². The molecule has 0 saturated heterocycles. The molecule has 4 unspecified atom stereocenters. The first-order valence-electron chi connectivity index (χ1n) is 11.3. The predicted molar refractivity (Wildman–Crippen MR) is 104 cm³/mol. The van der Waals surface area contributed by atoms with Gasteiger partial charge in [0.05, 0.1) is 12.2 Å². The van der Waals surface area contributed by atoms with E-state index in [0.717, 1.165) is 44.9 Å². The zero-order valence-electron chi connectivity index (χ0n) is 17.1. The molecule has 4 aliphatic carbocycles. The van der Waals surface area contributed by atoms with Crippen molar-refractivity contribution in [3.05, 3.63) is 0 Å². The maximum atomic E-state index is 11.3. The molecular formula is C23H38O4. The first-order chi connectivity index (χ1) is 12.8. The van der Waals surface area contributed by atoms with Gasteiger partial charge in [0.2, 0.25) is 0 Å². The molecule has 9 atom stereocenters. The molecule has 0 heterocycles. The van der Waals surface area contributed by atoms with Crippen molar-refractivity contribution in [2.75, 3.05) is 0 Å². The van der Waals surface area contributed by atoms with Crippen molar-refractivity contribution < 1.29 is 20.1 Å². The van der Waals surface area contributed by atoms with Gasteiger partial charge in [-0.2, -0.15) is 0 Å². The van der Waals surface area contributed by atoms with Crippen LogP contribution < -0.4 is 0 Å². The van der Waals surface area contributed by atoms with Crippen LogP contribution in [-0.4, -0.2) is 33.5 Å². The Morgan fingerprint density at radius 2 is 1.78 bits per heavy atom. The number of hydrogen-bond donors (Lipinski definition) is 3. The summed E-state index contributed by atoms with van der Waals surface area (Å²) < 4.78 is 0. The van der Waals surface area contributed by atoms with Crippen molar-refractivity contribution in [3.63, 3.8) is 0 Å². The van der Waals surface area contributed by atoms with Gasteiger partial charge in [0.15, 0.2) is 0 Å². The van der Waals surface area contributed by atoms with E-state index in [4.69, 9.17) is 5.11 Å². The van der Waals surface area contributed by atoms with E-state index in [0.29, 0.717) is 29.6 Å². The topological polar surface area (TPSA) is 77.8 Å². The largest absolute Gasteiger partial charge is 0.481 e. The monoisotopic (exact) mass is 378 g/mol. The average Bonchev–Trinajstić information content (AvgIpc) is 2.95. The van der Waals surface area contributed by atoms with Gasteiger partial charge in [0.1, 0.15) is 0 Å². The highest BCUT2D eigenvalue weighted by molar-refractivity contribution is 5.66. The van der Waals surface area contributed by atoms with Crippen LogP contribution in [0.4, 0.5) is 0 Å². The Bertz CT molecular complexity index is 577. The van der Waals surface area contributed by atoms with Crippen LogP contribution in [0.5, 0.6) is 0 Å². The Balaban J connectivity index is 1.53. The van der Waals surface area contributed by atoms with Crippen molar-refractivity contribution in [2.24, 2.45) is 40.4 Å². The first-order valence-corrected chi connectivity index (χ1v) is 11.3. The quantitative estimate of drug-likeness (QED) is 0.684. The molecule has 4 fully saturated rings. The minimum atomic E-state index is -0.704. The lowest BCUT2D eigenvalue weighted by atomic mass is 9.44. The standard InChI is InChI=1S/C23H38O4/c1-22-11-10-16(24)12-15(22)6-8-17-18-9-7-14(4-3-5-21(26)27)23(18,2)20(25)13-19(17)22/h14-20,24-25H,3-13H2,1-2H3,(H,26,27)/t14?,15?,16-,17?,18+,19+,20+,22?,23-/m1/s1. The van der Waals surface area contributed by atoms with Gasteiger partial charge < -0.3 is 15.3 Å². The second-order valence-corrected chi connectivity index (χ2v) is 10.8. The van der Waals surface area contributed by atoms with Crippen LogP contribution in [0.1, 0.15) is 84.5 Å². The summed E-state index contributed by atoms with van der Waals surface area (Å²) in [6.07, 6.45) is 10.3. The zero-order chi connectivity index (χ0) is 19.4. The van der Waals surface area contributed by atoms with Crippen molar-refractivity contribution in [2.45, 2.75) is 96.7 Å². The van der Waals surface area contributed by atoms with Crippen LogP contribution in [0, 0.1) is 40.4 Å². The highest BCUT2D eigenvalue weighted by atomic mass is 16.4. The van der Waals surface area contributed by atoms with Gasteiger partial charge in [-0.05, 0) is 105 Å². The molecule has 0 radical (unpaired) electrons. The zero-order valence-corrected chi connectivity index (χ0v) is 17.1. The molecule has 0 aromatic heterocycles. The average molecular weight is 379 g/mol. The fourth-order valence-electron chi connectivity index (χ4n) is 8.29. The molecule has 0 aliphatic heterocycles. The summed E-state index contributed by atoms with van der Waals surface area (Å²) in [6, 6.07) is 0. The Hall–Kier alpha value is -0.610. The predicted octanol–water partition coefficient (Wildman–Crippen LogP) is 4.23. The number of aliphatic hydroxyl groups excluding tert-OH is 2. The van der Waals surface area contributed by atoms with Crippen LogP contribution in [0.25, 0.3) is 0 Å². The maximum absolute atomic E-state index is 11.3. The normalized spacial score (nSPS) is 51.9. The summed E-state index contributed by atoms with van der Waals surface area (Å²) in [5.41, 5.74) is 0.253. The van der Waals surface area contributed by atoms with E-state index >= 15 is 0 Å². The molecule has 0 amide bonds. The molecule has 3 N–H and O–H groups in total. The van der Waals surface area contributed by atoms with Gasteiger partial charge in [0, 0.05) is 6.42 Å². The SMILES string of the molecule is CC12CC[C@@H](O)CC1CCC1[C@@H]2C[C@H](O)[C@]2(C)C(CCCC(=O)O)CC[C@@H]12. The number of rotatable bonds is 4. The van der Waals surface area contributed by atoms with Gasteiger partial charge in [-0.25, -0.2) is 0 Å². The molecule has 4 aliphatic rings. The molecule has 4 nitrogen and oxygen atoms in total. The van der Waals surface area contributed by atoms with Gasteiger partial charge in [-0.1, -0.05) is 13.8 Å². The summed E-state index contributed by atoms with van der Waals surface area (Å²) in [5, 5.41) is 30.5. The molecule has 0 bridgehead atoms. The van der Waals surface area contributed by atoms with E-state index < -0.39 is 5.97 Å². The number of aliphatic carboxylic acids is 1. The summed E-state index contributed by atoms with van der Waals surface area (Å²) in [4.78, 5) is 10.9. The molecule has 0 aromatic carbocycles. The molecule has 0 spiro atoms. The second kappa shape index (κ2) is 7.02. The fraction of sp³-hybridized carbons (Fsp3) is 0.957. The number of carboxylic acid groups (broad SMARTS) is 1. The lowest BCUT2D eigenvalue weighted by molar-refractivity contribution is -0.171. The molecule has 27 heavy (non-hydrogen) atoms. The van der Waals surface area contributed by atoms with E-state index in [1.807, 2.05) is 0 Å². The van der Waals surface area contributed by atoms with E-state index in [-0.39, 0.29) is 29.5 Å². The number of fused-ring (bicyclic) bond motifs is 5. The number of hydrogen-bond acceptors (Lipinski definition) is 3. The van der Waals surface area contributed by atoms with E-state index in [1.54, 1.807) is 0 Å². The smallest absolute Gasteiger partial charge is 0.303 e. The molecular weight excluding hydrogens is 340 g/mol. The lowest BCUT2D eigenvalue weighted by Gasteiger charge is -2.62. The van der Waals surface area contributed by atoms with Gasteiger partial charge in [-0.15, -0.1) is 0 Å². The number of carbonyl (C=O) groups is 1. The van der Waals surface area contributed by atoms with E-state index in [9.17, 15) is 15.0 Å². The van der Waals surface area contributed by atoms with E-state index in [2.05, 4.69) is 13.8 Å². The van der Waals surface area contributed by atoms with Crippen LogP contribution in [0.3, 0.4) is 0 Å². The third kappa shape index (κ3) is 3.06. The summed E-state index contributed by atoms with van der Waals surface area (Å²) in [6.45, 7) is 4.77. The Kier molecular flexibility index (Phi) is 5.12. The molecule has 0 aromatic rings. The molecule has 4 saturated carbocycles. The van der Waals surface area contributed by atoms with Crippen molar-refractivity contribution >= 4 is 5.97 Å². The minimum absolute atomic E-state index is 0.0307.